The summed E-state index contributed by atoms with van der Waals surface area (Å²) in [5.41, 5.74) is 6.04. The van der Waals surface area contributed by atoms with Crippen LogP contribution in [0.4, 0.5) is 11.4 Å². The quantitative estimate of drug-likeness (QED) is 0.438. The Bertz CT molecular complexity index is 808. The number of ether oxygens (including phenoxy) is 1. The number of allylic oxidation sites excluding steroid dienone is 2. The van der Waals surface area contributed by atoms with Crippen molar-refractivity contribution in [3.05, 3.63) is 23.8 Å². The number of fused-ring (bicyclic) bond motifs is 1. The minimum atomic E-state index is 0. The van der Waals surface area contributed by atoms with Gasteiger partial charge < -0.3 is 14.5 Å². The molecule has 0 aromatic heterocycles. The normalized spacial score (nSPS) is 21.7. The Morgan fingerprint density at radius 1 is 1.00 bits per heavy atom. The first-order chi connectivity index (χ1) is 15.4. The predicted octanol–water partition coefficient (Wildman–Crippen LogP) is 6.48. The molecule has 4 rings (SSSR count). The summed E-state index contributed by atoms with van der Waals surface area (Å²) in [5, 5.41) is 0. The van der Waals surface area contributed by atoms with E-state index in [0.717, 1.165) is 37.9 Å². The standard InChI is InChI=1S/C28H45N3O.ClH/c1-6-7-8-13-30-14-16-31(17-15-30)25-21-27-26(29(5)18-19-32-27)20-24(25)22-9-11-23(12-10-22)28(2,3)4;/h9,20-21,23H,6-8,10-19H2,1-5H3;1H. The predicted molar refractivity (Wildman–Crippen MR) is 145 cm³/mol. The summed E-state index contributed by atoms with van der Waals surface area (Å²) < 4.78 is 6.12. The van der Waals surface area contributed by atoms with Crippen LogP contribution in [0.1, 0.15) is 71.8 Å². The Hall–Kier alpha value is -1.39. The van der Waals surface area contributed by atoms with Crippen LogP contribution in [0, 0.1) is 11.3 Å². The molecule has 0 radical (unpaired) electrons. The zero-order chi connectivity index (χ0) is 22.7. The number of hydrogen-bond donors (Lipinski definition) is 0. The molecule has 5 heteroatoms. The van der Waals surface area contributed by atoms with Crippen LogP contribution in [0.5, 0.6) is 5.75 Å². The number of unbranched alkanes of at least 4 members (excludes halogenated alkanes) is 2. The first-order valence-corrected chi connectivity index (χ1v) is 13.1. The van der Waals surface area contributed by atoms with Gasteiger partial charge in [0.1, 0.15) is 12.4 Å². The van der Waals surface area contributed by atoms with Crippen LogP contribution in [-0.4, -0.2) is 57.8 Å². The summed E-state index contributed by atoms with van der Waals surface area (Å²) in [7, 11) is 2.20. The molecular formula is C28H46ClN3O. The highest BCUT2D eigenvalue weighted by Crippen LogP contribution is 2.45. The second-order valence-electron chi connectivity index (χ2n) is 11.2. The molecule has 2 aliphatic heterocycles. The maximum atomic E-state index is 6.12. The average molecular weight is 476 g/mol. The minimum absolute atomic E-state index is 0. The Kier molecular flexibility index (Phi) is 9.02. The third-order valence-electron chi connectivity index (χ3n) is 7.95. The van der Waals surface area contributed by atoms with Crippen LogP contribution in [-0.2, 0) is 0 Å². The van der Waals surface area contributed by atoms with Crippen molar-refractivity contribution < 1.29 is 4.74 Å². The molecule has 186 valence electrons. The molecule has 1 saturated heterocycles. The van der Waals surface area contributed by atoms with Gasteiger partial charge >= 0.3 is 0 Å². The van der Waals surface area contributed by atoms with E-state index in [9.17, 15) is 0 Å². The number of anilines is 2. The molecule has 4 nitrogen and oxygen atoms in total. The number of likely N-dealkylation sites (N-methyl/N-ethyl adjacent to an activating group) is 1. The van der Waals surface area contributed by atoms with Gasteiger partial charge in [0.2, 0.25) is 0 Å². The first kappa shape index (κ1) is 26.2. The van der Waals surface area contributed by atoms with E-state index >= 15 is 0 Å². The van der Waals surface area contributed by atoms with Gasteiger partial charge in [-0.25, -0.2) is 0 Å². The highest BCUT2D eigenvalue weighted by molar-refractivity contribution is 5.85. The summed E-state index contributed by atoms with van der Waals surface area (Å²) in [6, 6.07) is 4.78. The van der Waals surface area contributed by atoms with E-state index < -0.39 is 0 Å². The van der Waals surface area contributed by atoms with Crippen molar-refractivity contribution in [2.75, 3.05) is 62.7 Å². The van der Waals surface area contributed by atoms with Gasteiger partial charge in [-0.2, -0.15) is 0 Å². The van der Waals surface area contributed by atoms with Crippen molar-refractivity contribution in [2.45, 2.75) is 66.2 Å². The van der Waals surface area contributed by atoms with Gasteiger partial charge in [0.15, 0.2) is 0 Å². The van der Waals surface area contributed by atoms with Crippen molar-refractivity contribution in [1.29, 1.82) is 0 Å². The highest BCUT2D eigenvalue weighted by Gasteiger charge is 2.29. The smallest absolute Gasteiger partial charge is 0.144 e. The van der Waals surface area contributed by atoms with Crippen LogP contribution in [0.3, 0.4) is 0 Å². The molecule has 1 aromatic rings. The lowest BCUT2D eigenvalue weighted by Crippen LogP contribution is -2.47. The Morgan fingerprint density at radius 2 is 1.76 bits per heavy atom. The van der Waals surface area contributed by atoms with Crippen molar-refractivity contribution in [1.82, 2.24) is 4.90 Å². The molecule has 1 fully saturated rings. The highest BCUT2D eigenvalue weighted by atomic mass is 35.5. The van der Waals surface area contributed by atoms with Crippen molar-refractivity contribution in [3.63, 3.8) is 0 Å². The molecule has 0 bridgehead atoms. The maximum absolute atomic E-state index is 6.12. The summed E-state index contributed by atoms with van der Waals surface area (Å²) in [6.45, 7) is 17.1. The molecule has 1 aliphatic carbocycles. The number of halogens is 1. The third kappa shape index (κ3) is 6.19. The van der Waals surface area contributed by atoms with E-state index in [0.29, 0.717) is 5.41 Å². The van der Waals surface area contributed by atoms with Crippen LogP contribution < -0.4 is 14.5 Å². The van der Waals surface area contributed by atoms with Gasteiger partial charge in [-0.05, 0) is 55.2 Å². The van der Waals surface area contributed by atoms with E-state index in [1.165, 1.54) is 75.1 Å². The molecule has 1 aromatic carbocycles. The van der Waals surface area contributed by atoms with Crippen LogP contribution in [0.25, 0.3) is 5.57 Å². The van der Waals surface area contributed by atoms with Crippen LogP contribution >= 0.6 is 12.4 Å². The molecule has 0 amide bonds. The van der Waals surface area contributed by atoms with E-state index in [1.54, 1.807) is 5.57 Å². The Balaban J connectivity index is 0.00000306. The molecule has 0 N–H and O–H groups in total. The molecule has 33 heavy (non-hydrogen) atoms. The summed E-state index contributed by atoms with van der Waals surface area (Å²) in [6.07, 6.45) is 10.2. The lowest BCUT2D eigenvalue weighted by atomic mass is 9.72. The number of piperazine rings is 1. The molecular weight excluding hydrogens is 430 g/mol. The Morgan fingerprint density at radius 3 is 2.39 bits per heavy atom. The number of nitrogens with zero attached hydrogens (tertiary/aromatic N) is 3. The minimum Gasteiger partial charge on any atom is -0.489 e. The van der Waals surface area contributed by atoms with Crippen molar-refractivity contribution in [3.8, 4) is 5.75 Å². The fourth-order valence-corrected chi connectivity index (χ4v) is 5.57. The van der Waals surface area contributed by atoms with E-state index in [2.05, 4.69) is 67.7 Å². The third-order valence-corrected chi connectivity index (χ3v) is 7.95. The van der Waals surface area contributed by atoms with Crippen molar-refractivity contribution >= 4 is 29.4 Å². The van der Waals surface area contributed by atoms with Gasteiger partial charge in [0, 0.05) is 50.5 Å². The zero-order valence-corrected chi connectivity index (χ0v) is 22.5. The molecule has 1 unspecified atom stereocenters. The first-order valence-electron chi connectivity index (χ1n) is 13.1. The van der Waals surface area contributed by atoms with Crippen LogP contribution in [0.2, 0.25) is 0 Å². The summed E-state index contributed by atoms with van der Waals surface area (Å²) in [5.74, 6) is 1.84. The summed E-state index contributed by atoms with van der Waals surface area (Å²) in [4.78, 5) is 7.64. The van der Waals surface area contributed by atoms with Gasteiger partial charge in [0.05, 0.1) is 12.2 Å². The lowest BCUT2D eigenvalue weighted by molar-refractivity contribution is 0.225. The van der Waals surface area contributed by atoms with Crippen molar-refractivity contribution in [2.24, 2.45) is 11.3 Å². The monoisotopic (exact) mass is 475 g/mol. The van der Waals surface area contributed by atoms with Gasteiger partial charge in [0.25, 0.3) is 0 Å². The number of benzene rings is 1. The second-order valence-corrected chi connectivity index (χ2v) is 11.2. The van der Waals surface area contributed by atoms with Gasteiger partial charge in [-0.3, -0.25) is 4.90 Å². The van der Waals surface area contributed by atoms with Gasteiger partial charge in [-0.1, -0.05) is 46.6 Å². The van der Waals surface area contributed by atoms with E-state index in [-0.39, 0.29) is 12.4 Å². The molecule has 0 saturated carbocycles. The maximum Gasteiger partial charge on any atom is 0.144 e. The SMILES string of the molecule is CCCCCN1CCN(c2cc3c(cc2C2=CCC(C(C)(C)C)CC2)N(C)CCO3)CC1.Cl. The summed E-state index contributed by atoms with van der Waals surface area (Å²) >= 11 is 0. The van der Waals surface area contributed by atoms with Gasteiger partial charge in [-0.15, -0.1) is 12.4 Å². The fourth-order valence-electron chi connectivity index (χ4n) is 5.57. The average Bonchev–Trinajstić information content (AvgIpc) is 2.79. The largest absolute Gasteiger partial charge is 0.489 e. The second kappa shape index (κ2) is 11.4. The molecule has 3 aliphatic rings. The van der Waals surface area contributed by atoms with Crippen LogP contribution in [0.15, 0.2) is 18.2 Å². The lowest BCUT2D eigenvalue weighted by Gasteiger charge is -2.39. The Labute approximate surface area is 208 Å². The molecule has 0 spiro atoms. The number of hydrogen-bond acceptors (Lipinski definition) is 4. The molecule has 1 atom stereocenters. The topological polar surface area (TPSA) is 19.0 Å². The fraction of sp³-hybridized carbons (Fsp3) is 0.714. The van der Waals surface area contributed by atoms with E-state index in [4.69, 9.17) is 4.74 Å². The zero-order valence-electron chi connectivity index (χ0n) is 21.7. The van der Waals surface area contributed by atoms with E-state index in [1.807, 2.05) is 0 Å². The number of rotatable bonds is 6. The molecule has 2 heterocycles.